The summed E-state index contributed by atoms with van der Waals surface area (Å²) in [6.07, 6.45) is 1.39. The molecule has 4 aromatic rings. The molecular weight excluding hydrogens is 536 g/mol. The predicted molar refractivity (Wildman–Crippen MR) is 144 cm³/mol. The van der Waals surface area contributed by atoms with Crippen LogP contribution in [0.1, 0.15) is 27.0 Å². The van der Waals surface area contributed by atoms with Crippen molar-refractivity contribution in [3.63, 3.8) is 0 Å². The number of carbonyl (C=O) groups excluding carboxylic acids is 2. The molecule has 8 heteroatoms. The summed E-state index contributed by atoms with van der Waals surface area (Å²) >= 11 is 3.41. The van der Waals surface area contributed by atoms with Gasteiger partial charge in [-0.05, 0) is 56.9 Å². The number of hydrazone groups is 1. The number of ether oxygens (including phenoxy) is 2. The zero-order chi connectivity index (χ0) is 26.3. The zero-order valence-corrected chi connectivity index (χ0v) is 21.4. The van der Waals surface area contributed by atoms with E-state index in [1.165, 1.54) is 13.3 Å². The van der Waals surface area contributed by atoms with Crippen molar-refractivity contribution in [1.29, 1.82) is 0 Å². The van der Waals surface area contributed by atoms with Gasteiger partial charge in [0.25, 0.3) is 5.91 Å². The Morgan fingerprint density at radius 1 is 0.892 bits per heavy atom. The summed E-state index contributed by atoms with van der Waals surface area (Å²) in [6, 6.07) is 29.1. The third-order valence-electron chi connectivity index (χ3n) is 5.55. The van der Waals surface area contributed by atoms with Gasteiger partial charge in [0, 0.05) is 0 Å². The minimum atomic E-state index is -1.95. The SMILES string of the molecule is COc1cc(/C=N\NC(=O)C(O)(c2ccccc2)c2ccccc2)cc(Br)c1OC(=O)c1ccccc1. The Balaban J connectivity index is 1.55. The lowest BCUT2D eigenvalue weighted by Gasteiger charge is -2.27. The van der Waals surface area contributed by atoms with Crippen LogP contribution in [-0.2, 0) is 10.4 Å². The molecule has 0 aliphatic carbocycles. The first-order valence-electron chi connectivity index (χ1n) is 11.2. The summed E-state index contributed by atoms with van der Waals surface area (Å²) in [7, 11) is 1.45. The lowest BCUT2D eigenvalue weighted by Crippen LogP contribution is -2.43. The zero-order valence-electron chi connectivity index (χ0n) is 19.8. The van der Waals surface area contributed by atoms with Crippen LogP contribution in [-0.4, -0.2) is 30.3 Å². The van der Waals surface area contributed by atoms with E-state index in [-0.39, 0.29) is 11.5 Å². The van der Waals surface area contributed by atoms with E-state index in [1.54, 1.807) is 103 Å². The van der Waals surface area contributed by atoms with Crippen LogP contribution in [0.4, 0.5) is 0 Å². The Labute approximate surface area is 222 Å². The third kappa shape index (κ3) is 5.77. The molecule has 0 saturated carbocycles. The van der Waals surface area contributed by atoms with E-state index in [4.69, 9.17) is 9.47 Å². The molecule has 186 valence electrons. The van der Waals surface area contributed by atoms with Gasteiger partial charge < -0.3 is 14.6 Å². The first-order valence-corrected chi connectivity index (χ1v) is 12.0. The van der Waals surface area contributed by atoms with Gasteiger partial charge in [0.05, 0.1) is 23.4 Å². The van der Waals surface area contributed by atoms with Crippen LogP contribution < -0.4 is 14.9 Å². The van der Waals surface area contributed by atoms with Gasteiger partial charge in [-0.3, -0.25) is 4.79 Å². The number of aliphatic hydroxyl groups is 1. The molecule has 2 N–H and O–H groups in total. The number of methoxy groups -OCH3 is 1. The average Bonchev–Trinajstić information content (AvgIpc) is 2.95. The highest BCUT2D eigenvalue weighted by Gasteiger charge is 2.39. The van der Waals surface area contributed by atoms with Crippen LogP contribution in [0.25, 0.3) is 0 Å². The van der Waals surface area contributed by atoms with E-state index in [0.717, 1.165) is 0 Å². The highest BCUT2D eigenvalue weighted by Crippen LogP contribution is 2.37. The maximum Gasteiger partial charge on any atom is 0.343 e. The smallest absolute Gasteiger partial charge is 0.343 e. The topological polar surface area (TPSA) is 97.2 Å². The Kier molecular flexibility index (Phi) is 8.12. The van der Waals surface area contributed by atoms with Crippen LogP contribution in [0.5, 0.6) is 11.5 Å². The normalized spacial score (nSPS) is 11.2. The molecule has 0 bridgehead atoms. The van der Waals surface area contributed by atoms with Crippen LogP contribution in [0.15, 0.2) is 113 Å². The van der Waals surface area contributed by atoms with Gasteiger partial charge in [-0.15, -0.1) is 0 Å². The van der Waals surface area contributed by atoms with Crippen LogP contribution in [0.3, 0.4) is 0 Å². The van der Waals surface area contributed by atoms with Crippen molar-refractivity contribution in [3.05, 3.63) is 130 Å². The summed E-state index contributed by atoms with van der Waals surface area (Å²) in [5.41, 5.74) is 2.24. The maximum absolute atomic E-state index is 13.2. The largest absolute Gasteiger partial charge is 0.493 e. The van der Waals surface area contributed by atoms with Crippen LogP contribution in [0.2, 0.25) is 0 Å². The van der Waals surface area contributed by atoms with Gasteiger partial charge in [-0.25, -0.2) is 10.2 Å². The molecule has 37 heavy (non-hydrogen) atoms. The Morgan fingerprint density at radius 2 is 1.43 bits per heavy atom. The molecule has 4 rings (SSSR count). The Morgan fingerprint density at radius 3 is 1.97 bits per heavy atom. The van der Waals surface area contributed by atoms with Crippen molar-refractivity contribution in [2.75, 3.05) is 7.11 Å². The van der Waals surface area contributed by atoms with Gasteiger partial charge in [0.1, 0.15) is 0 Å². The lowest BCUT2D eigenvalue weighted by atomic mass is 9.85. The maximum atomic E-state index is 13.2. The number of esters is 1. The molecule has 0 saturated heterocycles. The lowest BCUT2D eigenvalue weighted by molar-refractivity contribution is -0.136. The molecule has 0 radical (unpaired) electrons. The van der Waals surface area contributed by atoms with E-state index in [2.05, 4.69) is 26.5 Å². The second kappa shape index (κ2) is 11.6. The van der Waals surface area contributed by atoms with Gasteiger partial charge in [-0.2, -0.15) is 5.10 Å². The molecule has 0 unspecified atom stereocenters. The van der Waals surface area contributed by atoms with Crippen molar-refractivity contribution in [1.82, 2.24) is 5.43 Å². The first-order chi connectivity index (χ1) is 17.9. The number of amides is 1. The van der Waals surface area contributed by atoms with E-state index in [0.29, 0.717) is 26.7 Å². The summed E-state index contributed by atoms with van der Waals surface area (Å²) < 4.78 is 11.4. The number of benzene rings is 4. The van der Waals surface area contributed by atoms with Gasteiger partial charge in [0.15, 0.2) is 17.1 Å². The fourth-order valence-electron chi connectivity index (χ4n) is 3.67. The standard InChI is InChI=1S/C29H23BrN2O5/c1-36-25-18-20(17-24(30)26(25)37-27(33)21-11-5-2-6-12-21)19-31-32-28(34)29(35,22-13-7-3-8-14-22)23-15-9-4-10-16-23/h2-19,35H,1H3,(H,32,34)/b31-19-. The molecule has 0 fully saturated rings. The van der Waals surface area contributed by atoms with Crippen LogP contribution >= 0.6 is 15.9 Å². The summed E-state index contributed by atoms with van der Waals surface area (Å²) in [5, 5.41) is 15.5. The number of nitrogens with one attached hydrogen (secondary N) is 1. The molecule has 0 aromatic heterocycles. The van der Waals surface area contributed by atoms with Crippen molar-refractivity contribution >= 4 is 34.0 Å². The second-order valence-corrected chi connectivity index (χ2v) is 8.79. The first kappa shape index (κ1) is 25.8. The molecule has 0 heterocycles. The summed E-state index contributed by atoms with van der Waals surface area (Å²) in [6.45, 7) is 0. The van der Waals surface area contributed by atoms with E-state index >= 15 is 0 Å². The quantitative estimate of drug-likeness (QED) is 0.136. The van der Waals surface area contributed by atoms with Crippen molar-refractivity contribution < 1.29 is 24.2 Å². The summed E-state index contributed by atoms with van der Waals surface area (Å²) in [4.78, 5) is 25.7. The summed E-state index contributed by atoms with van der Waals surface area (Å²) in [5.74, 6) is -0.758. The van der Waals surface area contributed by atoms with E-state index in [1.807, 2.05) is 0 Å². The fraction of sp³-hybridized carbons (Fsp3) is 0.0690. The van der Waals surface area contributed by atoms with Crippen molar-refractivity contribution in [2.45, 2.75) is 5.60 Å². The number of hydrogen-bond donors (Lipinski definition) is 2. The molecule has 0 aliphatic rings. The van der Waals surface area contributed by atoms with E-state index < -0.39 is 17.5 Å². The third-order valence-corrected chi connectivity index (χ3v) is 6.14. The van der Waals surface area contributed by atoms with Gasteiger partial charge in [-0.1, -0.05) is 78.9 Å². The number of hydrogen-bond acceptors (Lipinski definition) is 6. The van der Waals surface area contributed by atoms with E-state index in [9.17, 15) is 14.7 Å². The molecule has 0 aliphatic heterocycles. The molecule has 4 aromatic carbocycles. The molecular formula is C29H23BrN2O5. The van der Waals surface area contributed by atoms with Gasteiger partial charge in [0.2, 0.25) is 0 Å². The minimum absolute atomic E-state index is 0.208. The minimum Gasteiger partial charge on any atom is -0.493 e. The molecule has 7 nitrogen and oxygen atoms in total. The highest BCUT2D eigenvalue weighted by molar-refractivity contribution is 9.10. The fourth-order valence-corrected chi connectivity index (χ4v) is 4.21. The van der Waals surface area contributed by atoms with Gasteiger partial charge >= 0.3 is 5.97 Å². The average molecular weight is 559 g/mol. The Hall–Kier alpha value is -4.27. The van der Waals surface area contributed by atoms with Crippen molar-refractivity contribution in [3.8, 4) is 11.5 Å². The molecule has 0 atom stereocenters. The number of nitrogens with zero attached hydrogens (tertiary/aromatic N) is 1. The van der Waals surface area contributed by atoms with Crippen molar-refractivity contribution in [2.24, 2.45) is 5.10 Å². The second-order valence-electron chi connectivity index (χ2n) is 7.93. The van der Waals surface area contributed by atoms with Crippen LogP contribution in [0, 0.1) is 0 Å². The monoisotopic (exact) mass is 558 g/mol. The number of halogens is 1. The molecule has 1 amide bonds. The highest BCUT2D eigenvalue weighted by atomic mass is 79.9. The molecule has 0 spiro atoms. The Bertz CT molecular complexity index is 1370. The number of carbonyl (C=O) groups is 2. The predicted octanol–water partition coefficient (Wildman–Crippen LogP) is 5.06. The number of rotatable bonds is 8.